The van der Waals surface area contributed by atoms with Crippen LogP contribution in [0.15, 0.2) is 10.6 Å². The van der Waals surface area contributed by atoms with Crippen molar-refractivity contribution >= 4 is 5.91 Å². The van der Waals surface area contributed by atoms with Gasteiger partial charge in [0.15, 0.2) is 5.69 Å². The molecule has 1 aromatic heterocycles. The molecule has 1 N–H and O–H groups in total. The Balaban J connectivity index is 1.57. The maximum atomic E-state index is 12.3. The molecule has 0 unspecified atom stereocenters. The van der Waals surface area contributed by atoms with Crippen LogP contribution in [0.1, 0.15) is 55.3 Å². The average Bonchev–Trinajstić information content (AvgIpc) is 3.30. The molecule has 1 aliphatic heterocycles. The van der Waals surface area contributed by atoms with E-state index in [9.17, 15) is 4.79 Å². The van der Waals surface area contributed by atoms with E-state index in [1.165, 1.54) is 0 Å². The van der Waals surface area contributed by atoms with Gasteiger partial charge >= 0.3 is 0 Å². The smallest absolute Gasteiger partial charge is 0.273 e. The van der Waals surface area contributed by atoms with E-state index in [1.54, 1.807) is 6.07 Å². The van der Waals surface area contributed by atoms with Crippen molar-refractivity contribution in [2.45, 2.75) is 44.6 Å². The second kappa shape index (κ2) is 6.38. The predicted octanol–water partition coefficient (Wildman–Crippen LogP) is 1.78. The molecule has 0 spiro atoms. The van der Waals surface area contributed by atoms with Crippen molar-refractivity contribution in [1.29, 1.82) is 0 Å². The largest absolute Gasteiger partial charge is 0.379 e. The second-order valence-electron chi connectivity index (χ2n) is 6.52. The molecule has 6 heteroatoms. The minimum atomic E-state index is -0.149. The summed E-state index contributed by atoms with van der Waals surface area (Å²) in [5.74, 6) is 1.17. The topological polar surface area (TPSA) is 67.6 Å². The van der Waals surface area contributed by atoms with Crippen molar-refractivity contribution in [2.75, 3.05) is 32.8 Å². The van der Waals surface area contributed by atoms with Gasteiger partial charge < -0.3 is 14.6 Å². The first-order valence-electron chi connectivity index (χ1n) is 8.20. The number of aromatic nitrogens is 1. The number of carbonyl (C=O) groups excluding carboxylic acids is 1. The van der Waals surface area contributed by atoms with Gasteiger partial charge in [-0.2, -0.15) is 0 Å². The fourth-order valence-electron chi connectivity index (χ4n) is 2.88. The first kappa shape index (κ1) is 15.5. The summed E-state index contributed by atoms with van der Waals surface area (Å²) < 4.78 is 10.7. The van der Waals surface area contributed by atoms with Crippen molar-refractivity contribution in [2.24, 2.45) is 0 Å². The molecule has 0 radical (unpaired) electrons. The first-order chi connectivity index (χ1) is 10.6. The highest BCUT2D eigenvalue weighted by Gasteiger charge is 2.33. The SMILES string of the molecule is CC[C@@](C)(CNC(=O)c1cc(C2CC2)on1)N1CCOCC1. The number of hydrogen-bond donors (Lipinski definition) is 1. The highest BCUT2D eigenvalue weighted by molar-refractivity contribution is 5.92. The molecule has 0 aromatic carbocycles. The highest BCUT2D eigenvalue weighted by atomic mass is 16.5. The quantitative estimate of drug-likeness (QED) is 0.868. The molecule has 1 atom stereocenters. The third-order valence-electron chi connectivity index (χ3n) is 4.91. The molecule has 6 nitrogen and oxygen atoms in total. The van der Waals surface area contributed by atoms with Gasteiger partial charge in [0.25, 0.3) is 5.91 Å². The zero-order valence-corrected chi connectivity index (χ0v) is 13.4. The normalized spacial score (nSPS) is 22.3. The van der Waals surface area contributed by atoms with Gasteiger partial charge in [-0.25, -0.2) is 0 Å². The number of nitrogens with zero attached hydrogens (tertiary/aromatic N) is 2. The number of carbonyl (C=O) groups is 1. The number of rotatable bonds is 6. The molecular weight excluding hydrogens is 282 g/mol. The molecular formula is C16H25N3O3. The molecule has 22 heavy (non-hydrogen) atoms. The molecule has 2 fully saturated rings. The zero-order valence-electron chi connectivity index (χ0n) is 13.4. The van der Waals surface area contributed by atoms with Crippen LogP contribution in [-0.4, -0.2) is 54.4 Å². The van der Waals surface area contributed by atoms with Crippen molar-refractivity contribution in [1.82, 2.24) is 15.4 Å². The molecule has 122 valence electrons. The van der Waals surface area contributed by atoms with Crippen LogP contribution >= 0.6 is 0 Å². The number of ether oxygens (including phenoxy) is 1. The Bertz CT molecular complexity index is 520. The minimum Gasteiger partial charge on any atom is -0.379 e. The van der Waals surface area contributed by atoms with Gasteiger partial charge in [0.2, 0.25) is 0 Å². The maximum Gasteiger partial charge on any atom is 0.273 e. The fourth-order valence-corrected chi connectivity index (χ4v) is 2.88. The molecule has 1 amide bonds. The Morgan fingerprint density at radius 1 is 1.45 bits per heavy atom. The van der Waals surface area contributed by atoms with Crippen molar-refractivity contribution in [3.8, 4) is 0 Å². The molecule has 3 rings (SSSR count). The number of morpholine rings is 1. The van der Waals surface area contributed by atoms with Crippen LogP contribution in [-0.2, 0) is 4.74 Å². The summed E-state index contributed by atoms with van der Waals surface area (Å²) in [7, 11) is 0. The van der Waals surface area contributed by atoms with Crippen LogP contribution in [0.25, 0.3) is 0 Å². The molecule has 1 aromatic rings. The van der Waals surface area contributed by atoms with E-state index in [0.717, 1.165) is 51.3 Å². The van der Waals surface area contributed by atoms with Crippen LogP contribution in [0.5, 0.6) is 0 Å². The summed E-state index contributed by atoms with van der Waals surface area (Å²) in [6, 6.07) is 1.78. The van der Waals surface area contributed by atoms with Gasteiger partial charge in [-0.1, -0.05) is 12.1 Å². The van der Waals surface area contributed by atoms with Gasteiger partial charge in [-0.15, -0.1) is 0 Å². The van der Waals surface area contributed by atoms with Gasteiger partial charge in [-0.05, 0) is 26.2 Å². The lowest BCUT2D eigenvalue weighted by molar-refractivity contribution is -0.0169. The van der Waals surface area contributed by atoms with E-state index < -0.39 is 0 Å². The summed E-state index contributed by atoms with van der Waals surface area (Å²) in [5, 5.41) is 6.91. The third-order valence-corrected chi connectivity index (χ3v) is 4.91. The Hall–Kier alpha value is -1.40. The predicted molar refractivity (Wildman–Crippen MR) is 81.9 cm³/mol. The van der Waals surface area contributed by atoms with Crippen molar-refractivity contribution in [3.05, 3.63) is 17.5 Å². The molecule has 0 bridgehead atoms. The van der Waals surface area contributed by atoms with E-state index >= 15 is 0 Å². The van der Waals surface area contributed by atoms with E-state index in [-0.39, 0.29) is 11.4 Å². The van der Waals surface area contributed by atoms with Crippen LogP contribution in [0, 0.1) is 0 Å². The number of amides is 1. The van der Waals surface area contributed by atoms with Crippen LogP contribution in [0.4, 0.5) is 0 Å². The summed E-state index contributed by atoms with van der Waals surface area (Å²) >= 11 is 0. The molecule has 1 aliphatic carbocycles. The van der Waals surface area contributed by atoms with Crippen molar-refractivity contribution < 1.29 is 14.1 Å². The third kappa shape index (κ3) is 3.33. The molecule has 1 saturated heterocycles. The van der Waals surface area contributed by atoms with E-state index in [4.69, 9.17) is 9.26 Å². The Morgan fingerprint density at radius 2 is 2.18 bits per heavy atom. The second-order valence-corrected chi connectivity index (χ2v) is 6.52. The number of hydrogen-bond acceptors (Lipinski definition) is 5. The Kier molecular flexibility index (Phi) is 4.49. The monoisotopic (exact) mass is 307 g/mol. The summed E-state index contributed by atoms with van der Waals surface area (Å²) in [4.78, 5) is 14.7. The molecule has 2 heterocycles. The van der Waals surface area contributed by atoms with E-state index in [1.807, 2.05) is 0 Å². The van der Waals surface area contributed by atoms with Crippen LogP contribution in [0.3, 0.4) is 0 Å². The summed E-state index contributed by atoms with van der Waals surface area (Å²) in [6.07, 6.45) is 3.25. The van der Waals surface area contributed by atoms with E-state index in [0.29, 0.717) is 18.2 Å². The van der Waals surface area contributed by atoms with Gasteiger partial charge in [0.05, 0.1) is 13.2 Å². The van der Waals surface area contributed by atoms with Gasteiger partial charge in [0.1, 0.15) is 5.76 Å². The van der Waals surface area contributed by atoms with Gasteiger partial charge in [-0.3, -0.25) is 9.69 Å². The van der Waals surface area contributed by atoms with Crippen molar-refractivity contribution in [3.63, 3.8) is 0 Å². The zero-order chi connectivity index (χ0) is 15.6. The number of nitrogens with one attached hydrogen (secondary N) is 1. The average molecular weight is 307 g/mol. The fraction of sp³-hybridized carbons (Fsp3) is 0.750. The van der Waals surface area contributed by atoms with Crippen LogP contribution < -0.4 is 5.32 Å². The maximum absolute atomic E-state index is 12.3. The lowest BCUT2D eigenvalue weighted by atomic mass is 9.95. The van der Waals surface area contributed by atoms with E-state index in [2.05, 4.69) is 29.2 Å². The molecule has 2 aliphatic rings. The minimum absolute atomic E-state index is 0.0531. The summed E-state index contributed by atoms with van der Waals surface area (Å²) in [6.45, 7) is 8.30. The highest BCUT2D eigenvalue weighted by Crippen LogP contribution is 2.40. The van der Waals surface area contributed by atoms with Crippen LogP contribution in [0.2, 0.25) is 0 Å². The Morgan fingerprint density at radius 3 is 2.82 bits per heavy atom. The van der Waals surface area contributed by atoms with Gasteiger partial charge in [0, 0.05) is 37.2 Å². The molecule has 1 saturated carbocycles. The summed E-state index contributed by atoms with van der Waals surface area (Å²) in [5.41, 5.74) is 0.338. The lowest BCUT2D eigenvalue weighted by Crippen LogP contribution is -2.56. The lowest BCUT2D eigenvalue weighted by Gasteiger charge is -2.42. The Labute approximate surface area is 131 Å². The first-order valence-corrected chi connectivity index (χ1v) is 8.20. The standard InChI is InChI=1S/C16H25N3O3/c1-3-16(2,19-6-8-21-9-7-19)11-17-15(20)13-10-14(22-18-13)12-4-5-12/h10,12H,3-9,11H2,1-2H3,(H,17,20)/t16-/m0/s1.